The van der Waals surface area contributed by atoms with Gasteiger partial charge in [0.25, 0.3) is 0 Å². The molecule has 2 N–H and O–H groups in total. The van der Waals surface area contributed by atoms with Crippen LogP contribution < -0.4 is 5.32 Å². The molecule has 0 saturated carbocycles. The van der Waals surface area contributed by atoms with Crippen LogP contribution in [-0.4, -0.2) is 12.8 Å². The molecule has 0 bridgehead atoms. The molecule has 0 aliphatic rings. The molecule has 0 aliphatic heterocycles. The fourth-order valence-electron chi connectivity index (χ4n) is 1.25. The van der Waals surface area contributed by atoms with Crippen LogP contribution in [0.4, 0.5) is 14.5 Å². The van der Waals surface area contributed by atoms with Crippen molar-refractivity contribution < 1.29 is 8.78 Å². The van der Waals surface area contributed by atoms with E-state index in [1.54, 1.807) is 14.0 Å². The van der Waals surface area contributed by atoms with Crippen LogP contribution in [0.15, 0.2) is 12.1 Å². The molecule has 4 heteroatoms. The van der Waals surface area contributed by atoms with Crippen molar-refractivity contribution in [1.29, 1.82) is 5.41 Å². The Bertz CT molecular complexity index is 361. The molecule has 0 atom stereocenters. The van der Waals surface area contributed by atoms with Crippen LogP contribution in [0.5, 0.6) is 0 Å². The van der Waals surface area contributed by atoms with Gasteiger partial charge in [0.1, 0.15) is 11.6 Å². The standard InChI is InChI=1S/C10H12F2N2/c1-3-8(13)10-7(12)4-6(11)5-9(10)14-2/h4-5,13-14H,3H2,1-2H3. The van der Waals surface area contributed by atoms with E-state index in [9.17, 15) is 8.78 Å². The first-order valence-electron chi connectivity index (χ1n) is 4.34. The molecule has 0 saturated heterocycles. The van der Waals surface area contributed by atoms with E-state index in [-0.39, 0.29) is 11.3 Å². The van der Waals surface area contributed by atoms with Gasteiger partial charge >= 0.3 is 0 Å². The van der Waals surface area contributed by atoms with Crippen molar-refractivity contribution in [3.8, 4) is 0 Å². The Morgan fingerprint density at radius 2 is 2.07 bits per heavy atom. The lowest BCUT2D eigenvalue weighted by molar-refractivity contribution is 0.582. The van der Waals surface area contributed by atoms with Crippen LogP contribution in [0.1, 0.15) is 18.9 Å². The minimum absolute atomic E-state index is 0.149. The summed E-state index contributed by atoms with van der Waals surface area (Å²) in [5.74, 6) is -1.33. The van der Waals surface area contributed by atoms with Crippen molar-refractivity contribution in [2.45, 2.75) is 13.3 Å². The lowest BCUT2D eigenvalue weighted by Gasteiger charge is -2.10. The third kappa shape index (κ3) is 1.89. The zero-order chi connectivity index (χ0) is 10.7. The fourth-order valence-corrected chi connectivity index (χ4v) is 1.25. The Morgan fingerprint density at radius 1 is 1.43 bits per heavy atom. The SMILES string of the molecule is CCC(=N)c1c(F)cc(F)cc1NC. The number of hydrogen-bond acceptors (Lipinski definition) is 2. The Labute approximate surface area is 81.5 Å². The van der Waals surface area contributed by atoms with E-state index in [4.69, 9.17) is 5.41 Å². The van der Waals surface area contributed by atoms with Gasteiger partial charge < -0.3 is 10.7 Å². The summed E-state index contributed by atoms with van der Waals surface area (Å²) in [6.07, 6.45) is 0.414. The number of anilines is 1. The minimum Gasteiger partial charge on any atom is -0.387 e. The van der Waals surface area contributed by atoms with Crippen molar-refractivity contribution >= 4 is 11.4 Å². The Kier molecular flexibility index (Phi) is 3.17. The van der Waals surface area contributed by atoms with Crippen LogP contribution in [-0.2, 0) is 0 Å². The molecule has 2 nitrogen and oxygen atoms in total. The minimum atomic E-state index is -0.693. The third-order valence-corrected chi connectivity index (χ3v) is 1.98. The summed E-state index contributed by atoms with van der Waals surface area (Å²) in [5.41, 5.74) is 0.623. The predicted octanol–water partition coefficient (Wildman–Crippen LogP) is 2.78. The zero-order valence-corrected chi connectivity index (χ0v) is 8.12. The number of nitrogens with one attached hydrogen (secondary N) is 2. The molecule has 1 rings (SSSR count). The average molecular weight is 198 g/mol. The van der Waals surface area contributed by atoms with Crippen molar-refractivity contribution in [3.63, 3.8) is 0 Å². The summed E-state index contributed by atoms with van der Waals surface area (Å²) in [7, 11) is 1.57. The summed E-state index contributed by atoms with van der Waals surface area (Å²) in [6.45, 7) is 1.75. The fraction of sp³-hybridized carbons (Fsp3) is 0.300. The second-order valence-electron chi connectivity index (χ2n) is 2.89. The van der Waals surface area contributed by atoms with Crippen molar-refractivity contribution in [1.82, 2.24) is 0 Å². The first kappa shape index (κ1) is 10.6. The van der Waals surface area contributed by atoms with E-state index < -0.39 is 11.6 Å². The van der Waals surface area contributed by atoms with E-state index in [0.29, 0.717) is 12.1 Å². The highest BCUT2D eigenvalue weighted by molar-refractivity contribution is 6.03. The average Bonchev–Trinajstić information content (AvgIpc) is 2.15. The molecule has 0 radical (unpaired) electrons. The van der Waals surface area contributed by atoms with Crippen molar-refractivity contribution in [2.75, 3.05) is 12.4 Å². The maximum absolute atomic E-state index is 13.3. The first-order valence-corrected chi connectivity index (χ1v) is 4.34. The van der Waals surface area contributed by atoms with Crippen LogP contribution in [0.3, 0.4) is 0 Å². The molecule has 0 spiro atoms. The molecule has 0 fully saturated rings. The van der Waals surface area contributed by atoms with E-state index in [1.807, 2.05) is 0 Å². The highest BCUT2D eigenvalue weighted by atomic mass is 19.1. The summed E-state index contributed by atoms with van der Waals surface area (Å²) in [6, 6.07) is 1.98. The van der Waals surface area contributed by atoms with E-state index >= 15 is 0 Å². The number of rotatable bonds is 3. The Hall–Kier alpha value is -1.45. The number of benzene rings is 1. The van der Waals surface area contributed by atoms with Gasteiger partial charge in [-0.2, -0.15) is 0 Å². The largest absolute Gasteiger partial charge is 0.387 e. The number of halogens is 2. The van der Waals surface area contributed by atoms with Gasteiger partial charge in [0.05, 0.1) is 5.56 Å². The maximum atomic E-state index is 13.3. The van der Waals surface area contributed by atoms with Crippen LogP contribution in [0, 0.1) is 17.0 Å². The molecule has 0 amide bonds. The second-order valence-corrected chi connectivity index (χ2v) is 2.89. The van der Waals surface area contributed by atoms with Crippen LogP contribution >= 0.6 is 0 Å². The summed E-state index contributed by atoms with van der Waals surface area (Å²) >= 11 is 0. The zero-order valence-electron chi connectivity index (χ0n) is 8.12. The van der Waals surface area contributed by atoms with E-state index in [0.717, 1.165) is 6.07 Å². The van der Waals surface area contributed by atoms with E-state index in [1.165, 1.54) is 6.07 Å². The van der Waals surface area contributed by atoms with Gasteiger partial charge in [-0.05, 0) is 12.5 Å². The summed E-state index contributed by atoms with van der Waals surface area (Å²) in [5, 5.41) is 10.2. The van der Waals surface area contributed by atoms with E-state index in [2.05, 4.69) is 5.32 Å². The van der Waals surface area contributed by atoms with Crippen LogP contribution in [0.25, 0.3) is 0 Å². The van der Waals surface area contributed by atoms with Gasteiger partial charge in [-0.1, -0.05) is 6.92 Å². The molecule has 14 heavy (non-hydrogen) atoms. The molecule has 0 unspecified atom stereocenters. The summed E-state index contributed by atoms with van der Waals surface area (Å²) < 4.78 is 26.1. The lowest BCUT2D eigenvalue weighted by atomic mass is 10.0. The molecule has 76 valence electrons. The third-order valence-electron chi connectivity index (χ3n) is 1.98. The molecule has 0 aliphatic carbocycles. The second kappa shape index (κ2) is 4.17. The van der Waals surface area contributed by atoms with Gasteiger partial charge in [0.15, 0.2) is 0 Å². The Morgan fingerprint density at radius 3 is 2.57 bits per heavy atom. The molecule has 1 aromatic carbocycles. The van der Waals surface area contributed by atoms with Gasteiger partial charge in [0.2, 0.25) is 0 Å². The molecule has 0 aromatic heterocycles. The smallest absolute Gasteiger partial charge is 0.137 e. The van der Waals surface area contributed by atoms with Gasteiger partial charge in [-0.15, -0.1) is 0 Å². The van der Waals surface area contributed by atoms with Crippen molar-refractivity contribution in [3.05, 3.63) is 29.3 Å². The predicted molar refractivity (Wildman–Crippen MR) is 53.0 cm³/mol. The molecular weight excluding hydrogens is 186 g/mol. The first-order chi connectivity index (χ1) is 6.60. The quantitative estimate of drug-likeness (QED) is 0.720. The highest BCUT2D eigenvalue weighted by Gasteiger charge is 2.13. The van der Waals surface area contributed by atoms with Gasteiger partial charge in [-0.25, -0.2) is 8.78 Å². The van der Waals surface area contributed by atoms with Gasteiger partial charge in [-0.3, -0.25) is 0 Å². The maximum Gasteiger partial charge on any atom is 0.137 e. The molecule has 1 aromatic rings. The lowest BCUT2D eigenvalue weighted by Crippen LogP contribution is -2.06. The van der Waals surface area contributed by atoms with Crippen LogP contribution in [0.2, 0.25) is 0 Å². The summed E-state index contributed by atoms with van der Waals surface area (Å²) in [4.78, 5) is 0. The molecular formula is C10H12F2N2. The number of hydrogen-bond donors (Lipinski definition) is 2. The van der Waals surface area contributed by atoms with Gasteiger partial charge in [0, 0.05) is 24.5 Å². The Balaban J connectivity index is 3.32. The topological polar surface area (TPSA) is 35.9 Å². The highest BCUT2D eigenvalue weighted by Crippen LogP contribution is 2.22. The van der Waals surface area contributed by atoms with Crippen molar-refractivity contribution in [2.24, 2.45) is 0 Å². The molecule has 0 heterocycles. The monoisotopic (exact) mass is 198 g/mol. The normalized spacial score (nSPS) is 10.0.